The van der Waals surface area contributed by atoms with Crippen LogP contribution in [0.5, 0.6) is 0 Å². The average Bonchev–Trinajstić information content (AvgIpc) is 2.61. The van der Waals surface area contributed by atoms with Crippen LogP contribution in [0.2, 0.25) is 0 Å². The van der Waals surface area contributed by atoms with E-state index in [2.05, 4.69) is 17.6 Å². The molecule has 0 bridgehead atoms. The van der Waals surface area contributed by atoms with Crippen molar-refractivity contribution in [2.24, 2.45) is 0 Å². The van der Waals surface area contributed by atoms with E-state index < -0.39 is 16.7 Å². The number of benzene rings is 2. The van der Waals surface area contributed by atoms with E-state index in [0.29, 0.717) is 11.4 Å². The van der Waals surface area contributed by atoms with Crippen LogP contribution in [0, 0.1) is 10.1 Å². The highest BCUT2D eigenvalue weighted by atomic mass is 16.6. The van der Waals surface area contributed by atoms with Gasteiger partial charge in [-0.1, -0.05) is 25.5 Å². The fraction of sp³-hybridized carbons (Fsp3) is 0.222. The van der Waals surface area contributed by atoms with Crippen LogP contribution >= 0.6 is 0 Å². The molecule has 0 fully saturated rings. The van der Waals surface area contributed by atoms with Gasteiger partial charge in [0.05, 0.1) is 4.92 Å². The van der Waals surface area contributed by atoms with E-state index in [1.54, 1.807) is 12.1 Å². The number of anilines is 2. The predicted octanol–water partition coefficient (Wildman–Crippen LogP) is 3.51. The molecule has 0 radical (unpaired) electrons. The van der Waals surface area contributed by atoms with E-state index >= 15 is 0 Å². The number of rotatable bonds is 6. The minimum Gasteiger partial charge on any atom is -0.318 e. The van der Waals surface area contributed by atoms with Crippen molar-refractivity contribution < 1.29 is 14.5 Å². The summed E-state index contributed by atoms with van der Waals surface area (Å²) in [6, 6.07) is 12.6. The Kier molecular flexibility index (Phi) is 6.22. The van der Waals surface area contributed by atoms with Crippen LogP contribution in [0.25, 0.3) is 0 Å². The zero-order valence-electron chi connectivity index (χ0n) is 13.8. The number of aryl methyl sites for hydroxylation is 1. The second-order valence-electron chi connectivity index (χ2n) is 5.51. The number of nitrogens with zero attached hydrogens (tertiary/aromatic N) is 1. The predicted molar refractivity (Wildman–Crippen MR) is 95.4 cm³/mol. The first-order chi connectivity index (χ1) is 12.0. The molecule has 0 aliphatic carbocycles. The highest BCUT2D eigenvalue weighted by Gasteiger charge is 2.14. The molecule has 2 rings (SSSR count). The number of non-ortho nitro benzene ring substituents is 1. The van der Waals surface area contributed by atoms with Gasteiger partial charge in [-0.05, 0) is 42.7 Å². The third kappa shape index (κ3) is 5.42. The first-order valence-electron chi connectivity index (χ1n) is 7.95. The molecule has 0 saturated heterocycles. The lowest BCUT2D eigenvalue weighted by atomic mass is 10.1. The Hall–Kier alpha value is -3.22. The SMILES string of the molecule is CCCCc1ccc(NC(=O)C(=O)Nc2ccc([N+](=O)[O-])cc2)cc1. The minimum absolute atomic E-state index is 0.0920. The highest BCUT2D eigenvalue weighted by molar-refractivity contribution is 6.43. The van der Waals surface area contributed by atoms with Gasteiger partial charge in [0.15, 0.2) is 0 Å². The molecule has 0 saturated carbocycles. The van der Waals surface area contributed by atoms with Crippen molar-refractivity contribution in [2.75, 3.05) is 10.6 Å². The van der Waals surface area contributed by atoms with Gasteiger partial charge in [-0.2, -0.15) is 0 Å². The lowest BCUT2D eigenvalue weighted by molar-refractivity contribution is -0.384. The number of hydrogen-bond acceptors (Lipinski definition) is 4. The number of nitro groups is 1. The summed E-state index contributed by atoms with van der Waals surface area (Å²) >= 11 is 0. The number of hydrogen-bond donors (Lipinski definition) is 2. The molecule has 0 unspecified atom stereocenters. The van der Waals surface area contributed by atoms with Gasteiger partial charge in [0.2, 0.25) is 0 Å². The fourth-order valence-electron chi connectivity index (χ4n) is 2.18. The summed E-state index contributed by atoms with van der Waals surface area (Å²) in [4.78, 5) is 33.8. The Labute approximate surface area is 145 Å². The Morgan fingerprint density at radius 2 is 1.40 bits per heavy atom. The van der Waals surface area contributed by atoms with Gasteiger partial charge in [0.1, 0.15) is 0 Å². The molecule has 0 atom stereocenters. The van der Waals surface area contributed by atoms with Crippen molar-refractivity contribution in [1.82, 2.24) is 0 Å². The van der Waals surface area contributed by atoms with Gasteiger partial charge >= 0.3 is 11.8 Å². The van der Waals surface area contributed by atoms with Crippen molar-refractivity contribution in [2.45, 2.75) is 26.2 Å². The van der Waals surface area contributed by atoms with Crippen molar-refractivity contribution in [3.05, 3.63) is 64.2 Å². The van der Waals surface area contributed by atoms with Gasteiger partial charge in [-0.25, -0.2) is 0 Å². The van der Waals surface area contributed by atoms with Crippen LogP contribution in [0.15, 0.2) is 48.5 Å². The second kappa shape index (κ2) is 8.58. The normalized spacial score (nSPS) is 10.1. The van der Waals surface area contributed by atoms with E-state index in [1.807, 2.05) is 12.1 Å². The molecule has 2 aromatic rings. The summed E-state index contributed by atoms with van der Waals surface area (Å²) in [5, 5.41) is 15.5. The van der Waals surface area contributed by atoms with Crippen molar-refractivity contribution in [3.8, 4) is 0 Å². The molecule has 0 spiro atoms. The molecule has 0 heterocycles. The number of amides is 2. The molecule has 25 heavy (non-hydrogen) atoms. The third-order valence-electron chi connectivity index (χ3n) is 3.57. The van der Waals surface area contributed by atoms with Crippen LogP contribution in [-0.4, -0.2) is 16.7 Å². The van der Waals surface area contributed by atoms with Crippen molar-refractivity contribution in [1.29, 1.82) is 0 Å². The molecule has 0 aliphatic heterocycles. The van der Waals surface area contributed by atoms with Gasteiger partial charge in [-0.15, -0.1) is 0 Å². The number of carbonyl (C=O) groups is 2. The number of carbonyl (C=O) groups excluding carboxylic acids is 2. The Balaban J connectivity index is 1.91. The average molecular weight is 341 g/mol. The zero-order chi connectivity index (χ0) is 18.2. The molecule has 0 aromatic heterocycles. The van der Waals surface area contributed by atoms with E-state index in [1.165, 1.54) is 29.8 Å². The van der Waals surface area contributed by atoms with E-state index in [-0.39, 0.29) is 5.69 Å². The topological polar surface area (TPSA) is 101 Å². The molecule has 2 N–H and O–H groups in total. The maximum Gasteiger partial charge on any atom is 0.314 e. The molecular formula is C18H19N3O4. The van der Waals surface area contributed by atoms with Gasteiger partial charge < -0.3 is 10.6 Å². The molecule has 130 valence electrons. The monoisotopic (exact) mass is 341 g/mol. The summed E-state index contributed by atoms with van der Waals surface area (Å²) in [5.74, 6) is -1.65. The minimum atomic E-state index is -0.844. The summed E-state index contributed by atoms with van der Waals surface area (Å²) < 4.78 is 0. The fourth-order valence-corrected chi connectivity index (χ4v) is 2.18. The van der Waals surface area contributed by atoms with Crippen LogP contribution in [0.4, 0.5) is 17.1 Å². The highest BCUT2D eigenvalue weighted by Crippen LogP contribution is 2.16. The molecule has 2 amide bonds. The van der Waals surface area contributed by atoms with Crippen LogP contribution in [-0.2, 0) is 16.0 Å². The molecule has 2 aromatic carbocycles. The van der Waals surface area contributed by atoms with Crippen molar-refractivity contribution in [3.63, 3.8) is 0 Å². The number of nitro benzene ring substituents is 1. The first-order valence-corrected chi connectivity index (χ1v) is 7.95. The van der Waals surface area contributed by atoms with Crippen molar-refractivity contribution >= 4 is 28.9 Å². The Morgan fingerprint density at radius 3 is 1.84 bits per heavy atom. The maximum atomic E-state index is 11.9. The van der Waals surface area contributed by atoms with Crippen LogP contribution < -0.4 is 10.6 Å². The summed E-state index contributed by atoms with van der Waals surface area (Å²) in [6.45, 7) is 2.12. The van der Waals surface area contributed by atoms with Crippen LogP contribution in [0.1, 0.15) is 25.3 Å². The second-order valence-corrected chi connectivity index (χ2v) is 5.51. The molecular weight excluding hydrogens is 322 g/mol. The number of unbranched alkanes of at least 4 members (excludes halogenated alkanes) is 1. The van der Waals surface area contributed by atoms with Crippen LogP contribution in [0.3, 0.4) is 0 Å². The molecule has 0 aliphatic rings. The van der Waals surface area contributed by atoms with Gasteiger partial charge in [0, 0.05) is 23.5 Å². The lowest BCUT2D eigenvalue weighted by Gasteiger charge is -2.07. The van der Waals surface area contributed by atoms with E-state index in [4.69, 9.17) is 0 Å². The quantitative estimate of drug-likeness (QED) is 0.477. The maximum absolute atomic E-state index is 11.9. The van der Waals surface area contributed by atoms with Gasteiger partial charge in [-0.3, -0.25) is 19.7 Å². The zero-order valence-corrected chi connectivity index (χ0v) is 13.8. The summed E-state index contributed by atoms with van der Waals surface area (Å²) in [7, 11) is 0. The third-order valence-corrected chi connectivity index (χ3v) is 3.57. The molecule has 7 heteroatoms. The Morgan fingerprint density at radius 1 is 0.920 bits per heavy atom. The van der Waals surface area contributed by atoms with E-state index in [9.17, 15) is 19.7 Å². The van der Waals surface area contributed by atoms with Gasteiger partial charge in [0.25, 0.3) is 5.69 Å². The molecule has 7 nitrogen and oxygen atoms in total. The largest absolute Gasteiger partial charge is 0.318 e. The van der Waals surface area contributed by atoms with E-state index in [0.717, 1.165) is 19.3 Å². The standard InChI is InChI=1S/C18H19N3O4/c1-2-3-4-13-5-7-14(8-6-13)19-17(22)18(23)20-15-9-11-16(12-10-15)21(24)25/h5-12H,2-4H2,1H3,(H,19,22)(H,20,23). The number of nitrogens with one attached hydrogen (secondary N) is 2. The summed E-state index contributed by atoms with van der Waals surface area (Å²) in [5.41, 5.74) is 1.92. The smallest absolute Gasteiger partial charge is 0.314 e. The lowest BCUT2D eigenvalue weighted by Crippen LogP contribution is -2.29. The first kappa shape index (κ1) is 18.1. The summed E-state index contributed by atoms with van der Waals surface area (Å²) in [6.07, 6.45) is 3.19. The Bertz CT molecular complexity index is 755.